The molecule has 0 aliphatic carbocycles. The summed E-state index contributed by atoms with van der Waals surface area (Å²) in [5.74, 6) is 4.27. The highest BCUT2D eigenvalue weighted by atomic mass is 79.9. The van der Waals surface area contributed by atoms with Crippen molar-refractivity contribution in [3.8, 4) is 17.2 Å². The summed E-state index contributed by atoms with van der Waals surface area (Å²) in [5, 5.41) is 9.26. The Morgan fingerprint density at radius 3 is 2.77 bits per heavy atom. The van der Waals surface area contributed by atoms with E-state index in [2.05, 4.69) is 64.9 Å². The van der Waals surface area contributed by atoms with Gasteiger partial charge in [0, 0.05) is 47.3 Å². The highest BCUT2D eigenvalue weighted by Gasteiger charge is 2.33. The molecule has 140 valence electrons. The number of benzene rings is 1. The number of halogens is 1. The number of fused-ring (bicyclic) bond motifs is 2. The summed E-state index contributed by atoms with van der Waals surface area (Å²) in [6.45, 7) is 11.8. The molecule has 0 spiro atoms. The van der Waals surface area contributed by atoms with Gasteiger partial charge in [0.05, 0.1) is 6.04 Å². The van der Waals surface area contributed by atoms with Crippen LogP contribution in [0.1, 0.15) is 16.7 Å². The Morgan fingerprint density at radius 2 is 2.12 bits per heavy atom. The number of hydrogen-bond acceptors (Lipinski definition) is 3. The molecule has 3 rings (SSSR count). The summed E-state index contributed by atoms with van der Waals surface area (Å²) in [5.41, 5.74) is 6.65. The van der Waals surface area contributed by atoms with Crippen LogP contribution in [-0.4, -0.2) is 61.4 Å². The zero-order chi connectivity index (χ0) is 19.1. The summed E-state index contributed by atoms with van der Waals surface area (Å²) in [6.07, 6.45) is -0.853. The smallest absolute Gasteiger partial charge is 0.407 e. The monoisotopic (exact) mass is 436 g/mol. The largest absolute Gasteiger partial charge is 0.491 e. The number of ether oxygens (including phenoxy) is 1. The Balaban J connectivity index is 1.92. The fraction of sp³-hybridized carbons (Fsp3) is 0.526. The van der Waals surface area contributed by atoms with Gasteiger partial charge in [-0.3, -0.25) is 4.90 Å². The number of hydrogen-bond donors (Lipinski definition) is 1. The maximum atomic E-state index is 11.3. The van der Waals surface area contributed by atoms with Crippen LogP contribution in [0.2, 0.25) is 19.6 Å². The Labute approximate surface area is 164 Å². The molecule has 0 aromatic heterocycles. The molecule has 1 atom stereocenters. The SMILES string of the molecule is Cc1c(Br)c(C#C[Si](C)(C)C)cc2c1OC[C@H]1CN(C(=O)O)CCN1C2. The summed E-state index contributed by atoms with van der Waals surface area (Å²) in [4.78, 5) is 15.1. The van der Waals surface area contributed by atoms with Gasteiger partial charge >= 0.3 is 6.09 Å². The molecule has 1 saturated heterocycles. The van der Waals surface area contributed by atoms with E-state index in [0.717, 1.165) is 40.0 Å². The molecule has 2 aliphatic rings. The van der Waals surface area contributed by atoms with E-state index < -0.39 is 14.2 Å². The number of carbonyl (C=O) groups is 1. The fourth-order valence-electron chi connectivity index (χ4n) is 3.34. The van der Waals surface area contributed by atoms with Crippen LogP contribution in [0.15, 0.2) is 10.5 Å². The van der Waals surface area contributed by atoms with Crippen molar-refractivity contribution >= 4 is 30.1 Å². The van der Waals surface area contributed by atoms with Crippen LogP contribution < -0.4 is 4.74 Å². The van der Waals surface area contributed by atoms with Gasteiger partial charge in [0.25, 0.3) is 0 Å². The third-order valence-corrected chi connectivity index (χ3v) is 6.65. The van der Waals surface area contributed by atoms with Crippen LogP contribution in [0, 0.1) is 18.4 Å². The van der Waals surface area contributed by atoms with Crippen LogP contribution >= 0.6 is 15.9 Å². The quantitative estimate of drug-likeness (QED) is 0.498. The summed E-state index contributed by atoms with van der Waals surface area (Å²) in [6, 6.07) is 2.22. The first kappa shape index (κ1) is 19.3. The molecule has 7 heteroatoms. The first-order valence-electron chi connectivity index (χ1n) is 8.85. The molecule has 1 N–H and O–H groups in total. The van der Waals surface area contributed by atoms with Gasteiger partial charge in [0.2, 0.25) is 0 Å². The predicted molar refractivity (Wildman–Crippen MR) is 108 cm³/mol. The van der Waals surface area contributed by atoms with E-state index in [9.17, 15) is 9.90 Å². The van der Waals surface area contributed by atoms with Crippen molar-refractivity contribution in [3.63, 3.8) is 0 Å². The molecule has 1 aromatic carbocycles. The van der Waals surface area contributed by atoms with Crippen molar-refractivity contribution in [1.82, 2.24) is 9.80 Å². The second-order valence-electron chi connectivity index (χ2n) is 8.02. The topological polar surface area (TPSA) is 53.0 Å². The molecule has 1 fully saturated rings. The van der Waals surface area contributed by atoms with E-state index in [0.29, 0.717) is 19.7 Å². The van der Waals surface area contributed by atoms with Gasteiger partial charge in [-0.25, -0.2) is 4.79 Å². The molecular weight excluding hydrogens is 412 g/mol. The van der Waals surface area contributed by atoms with E-state index >= 15 is 0 Å². The van der Waals surface area contributed by atoms with Crippen molar-refractivity contribution in [2.45, 2.75) is 39.2 Å². The lowest BCUT2D eigenvalue weighted by Crippen LogP contribution is -2.55. The second-order valence-corrected chi connectivity index (χ2v) is 13.6. The Hall–Kier alpha value is -1.49. The van der Waals surface area contributed by atoms with E-state index in [1.165, 1.54) is 4.90 Å². The third kappa shape index (κ3) is 4.08. The van der Waals surface area contributed by atoms with Crippen LogP contribution in [0.3, 0.4) is 0 Å². The molecule has 1 amide bonds. The minimum absolute atomic E-state index is 0.0851. The first-order chi connectivity index (χ1) is 12.2. The lowest BCUT2D eigenvalue weighted by molar-refractivity contribution is 0.0502. The number of nitrogens with zero attached hydrogens (tertiary/aromatic N) is 2. The standard InChI is InChI=1S/C19H25BrN2O3Si/c1-13-17(20)14(5-8-26(2,3)4)9-15-10-21-6-7-22(19(23)24)11-16(21)12-25-18(13)15/h9,16H,6-7,10-12H2,1-4H3,(H,23,24)/t16-/m1/s1. The molecule has 0 bridgehead atoms. The van der Waals surface area contributed by atoms with E-state index in [1.54, 1.807) is 0 Å². The van der Waals surface area contributed by atoms with Gasteiger partial charge < -0.3 is 14.7 Å². The molecule has 2 heterocycles. The van der Waals surface area contributed by atoms with Crippen LogP contribution in [-0.2, 0) is 6.54 Å². The number of rotatable bonds is 0. The van der Waals surface area contributed by atoms with Crippen molar-refractivity contribution < 1.29 is 14.6 Å². The third-order valence-electron chi connectivity index (χ3n) is 4.76. The molecule has 2 aliphatic heterocycles. The minimum atomic E-state index is -1.46. The van der Waals surface area contributed by atoms with Crippen LogP contribution in [0.4, 0.5) is 4.79 Å². The minimum Gasteiger partial charge on any atom is -0.491 e. The lowest BCUT2D eigenvalue weighted by atomic mass is 10.0. The zero-order valence-corrected chi connectivity index (χ0v) is 18.3. The Kier molecular flexibility index (Phi) is 5.38. The predicted octanol–water partition coefficient (Wildman–Crippen LogP) is 3.54. The first-order valence-corrected chi connectivity index (χ1v) is 13.1. The van der Waals surface area contributed by atoms with Crippen molar-refractivity contribution in [2.24, 2.45) is 0 Å². The molecule has 1 aromatic rings. The van der Waals surface area contributed by atoms with Gasteiger partial charge in [-0.05, 0) is 28.9 Å². The van der Waals surface area contributed by atoms with Crippen LogP contribution in [0.5, 0.6) is 5.75 Å². The molecule has 0 radical (unpaired) electrons. The molecular formula is C19H25BrN2O3Si. The maximum absolute atomic E-state index is 11.3. The molecule has 0 saturated carbocycles. The summed E-state index contributed by atoms with van der Waals surface area (Å²) < 4.78 is 7.12. The second kappa shape index (κ2) is 7.26. The highest BCUT2D eigenvalue weighted by Crippen LogP contribution is 2.36. The lowest BCUT2D eigenvalue weighted by Gasteiger charge is -2.38. The van der Waals surface area contributed by atoms with Gasteiger partial charge in [0.15, 0.2) is 0 Å². The zero-order valence-electron chi connectivity index (χ0n) is 15.7. The van der Waals surface area contributed by atoms with Gasteiger partial charge in [-0.1, -0.05) is 25.6 Å². The molecule has 0 unspecified atom stereocenters. The van der Waals surface area contributed by atoms with Crippen molar-refractivity contribution in [3.05, 3.63) is 27.2 Å². The van der Waals surface area contributed by atoms with Crippen molar-refractivity contribution in [1.29, 1.82) is 0 Å². The normalized spacial score (nSPS) is 20.2. The summed E-state index contributed by atoms with van der Waals surface area (Å²) >= 11 is 3.69. The fourth-order valence-corrected chi connectivity index (χ4v) is 4.24. The van der Waals surface area contributed by atoms with Gasteiger partial charge in [-0.15, -0.1) is 5.54 Å². The maximum Gasteiger partial charge on any atom is 0.407 e. The van der Waals surface area contributed by atoms with E-state index in [1.807, 2.05) is 0 Å². The number of piperazine rings is 1. The highest BCUT2D eigenvalue weighted by molar-refractivity contribution is 9.10. The Morgan fingerprint density at radius 1 is 1.38 bits per heavy atom. The van der Waals surface area contributed by atoms with Gasteiger partial charge in [0.1, 0.15) is 20.4 Å². The Bertz CT molecular complexity index is 795. The average Bonchev–Trinajstić information content (AvgIpc) is 2.74. The number of amides is 1. The number of carboxylic acid groups (broad SMARTS) is 1. The van der Waals surface area contributed by atoms with Gasteiger partial charge in [-0.2, -0.15) is 0 Å². The summed E-state index contributed by atoms with van der Waals surface area (Å²) in [7, 11) is -1.46. The molecule has 5 nitrogen and oxygen atoms in total. The van der Waals surface area contributed by atoms with E-state index in [4.69, 9.17) is 4.74 Å². The van der Waals surface area contributed by atoms with Crippen LogP contribution in [0.25, 0.3) is 0 Å². The average molecular weight is 437 g/mol. The van der Waals surface area contributed by atoms with Crippen molar-refractivity contribution in [2.75, 3.05) is 26.2 Å². The molecule has 26 heavy (non-hydrogen) atoms. The van der Waals surface area contributed by atoms with E-state index in [-0.39, 0.29) is 6.04 Å².